The second kappa shape index (κ2) is 12.4. The molecule has 0 heterocycles. The maximum Gasteiger partial charge on any atom is 0.191 e. The molecule has 1 fully saturated rings. The van der Waals surface area contributed by atoms with E-state index in [1.807, 2.05) is 26.0 Å². The standard InChI is InChI=1S/C18H27Cl2N3OS.HI/c1-3-21-18(22-12-13-8-9-14(19)10-17(13)20)23-15-6-5-7-16(11-15)25(24)4-2;/h8-10,15-16H,3-7,11-12H2,1-2H3,(H2,21,22,23);1H. The number of nitrogens with zero attached hydrogens (tertiary/aromatic N) is 1. The summed E-state index contributed by atoms with van der Waals surface area (Å²) in [4.78, 5) is 4.65. The predicted molar refractivity (Wildman–Crippen MR) is 125 cm³/mol. The fraction of sp³-hybridized carbons (Fsp3) is 0.611. The minimum Gasteiger partial charge on any atom is -0.357 e. The molecule has 0 radical (unpaired) electrons. The van der Waals surface area contributed by atoms with Crippen LogP contribution in [0.25, 0.3) is 0 Å². The van der Waals surface area contributed by atoms with E-state index in [4.69, 9.17) is 23.2 Å². The van der Waals surface area contributed by atoms with E-state index in [1.165, 1.54) is 0 Å². The lowest BCUT2D eigenvalue weighted by Gasteiger charge is -2.30. The quantitative estimate of drug-likeness (QED) is 0.316. The summed E-state index contributed by atoms with van der Waals surface area (Å²) < 4.78 is 12.1. The van der Waals surface area contributed by atoms with Gasteiger partial charge >= 0.3 is 0 Å². The van der Waals surface area contributed by atoms with Gasteiger partial charge in [-0.15, -0.1) is 24.0 Å². The van der Waals surface area contributed by atoms with Gasteiger partial charge in [0.1, 0.15) is 0 Å². The normalized spacial score (nSPS) is 21.6. The molecule has 8 heteroatoms. The number of benzene rings is 1. The molecule has 2 rings (SSSR count). The summed E-state index contributed by atoms with van der Waals surface area (Å²) in [6, 6.07) is 5.77. The van der Waals surface area contributed by atoms with Gasteiger partial charge in [-0.2, -0.15) is 0 Å². The van der Waals surface area contributed by atoms with Gasteiger partial charge in [0.2, 0.25) is 0 Å². The van der Waals surface area contributed by atoms with Crippen molar-refractivity contribution in [2.45, 2.75) is 57.4 Å². The molecular formula is C18H28Cl2IN3OS. The van der Waals surface area contributed by atoms with Crippen molar-refractivity contribution in [3.8, 4) is 0 Å². The minimum absolute atomic E-state index is 0. The zero-order valence-electron chi connectivity index (χ0n) is 15.3. The van der Waals surface area contributed by atoms with Crippen LogP contribution in [0.1, 0.15) is 45.1 Å². The lowest BCUT2D eigenvalue weighted by molar-refractivity contribution is 0.413. The van der Waals surface area contributed by atoms with E-state index >= 15 is 0 Å². The third-order valence-electron chi connectivity index (χ3n) is 4.39. The number of hydrogen-bond donors (Lipinski definition) is 2. The van der Waals surface area contributed by atoms with Crippen molar-refractivity contribution in [2.75, 3.05) is 12.3 Å². The Balaban J connectivity index is 0.00000338. The predicted octanol–water partition coefficient (Wildman–Crippen LogP) is 4.75. The summed E-state index contributed by atoms with van der Waals surface area (Å²) in [5.74, 6) is 1.52. The summed E-state index contributed by atoms with van der Waals surface area (Å²) >= 11 is 12.2. The van der Waals surface area contributed by atoms with Gasteiger partial charge < -0.3 is 10.6 Å². The van der Waals surface area contributed by atoms with Crippen LogP contribution in [-0.2, 0) is 17.3 Å². The van der Waals surface area contributed by atoms with E-state index in [0.717, 1.165) is 49.5 Å². The molecule has 148 valence electrons. The van der Waals surface area contributed by atoms with Gasteiger partial charge in [-0.1, -0.05) is 42.6 Å². The molecule has 0 bridgehead atoms. The summed E-state index contributed by atoms with van der Waals surface area (Å²) in [6.45, 7) is 5.32. The monoisotopic (exact) mass is 531 g/mol. The van der Waals surface area contributed by atoms with Crippen molar-refractivity contribution in [2.24, 2.45) is 4.99 Å². The van der Waals surface area contributed by atoms with Crippen LogP contribution in [0.4, 0.5) is 0 Å². The van der Waals surface area contributed by atoms with Crippen molar-refractivity contribution in [1.82, 2.24) is 10.6 Å². The fourth-order valence-corrected chi connectivity index (χ4v) is 4.89. The number of rotatable bonds is 6. The third kappa shape index (κ3) is 7.52. The highest BCUT2D eigenvalue weighted by Gasteiger charge is 2.26. The first-order valence-corrected chi connectivity index (χ1v) is 11.0. The zero-order chi connectivity index (χ0) is 18.2. The summed E-state index contributed by atoms with van der Waals surface area (Å²) in [5.41, 5.74) is 0.942. The molecule has 2 N–H and O–H groups in total. The smallest absolute Gasteiger partial charge is 0.191 e. The molecular weight excluding hydrogens is 504 g/mol. The molecule has 1 aromatic rings. The average molecular weight is 532 g/mol. The third-order valence-corrected chi connectivity index (χ3v) is 6.72. The van der Waals surface area contributed by atoms with E-state index in [1.54, 1.807) is 6.07 Å². The van der Waals surface area contributed by atoms with Crippen molar-refractivity contribution >= 4 is 63.9 Å². The van der Waals surface area contributed by atoms with Gasteiger partial charge in [-0.25, -0.2) is 4.99 Å². The molecule has 3 unspecified atom stereocenters. The Hall–Kier alpha value is -0.0500. The van der Waals surface area contributed by atoms with Gasteiger partial charge in [-0.3, -0.25) is 4.21 Å². The van der Waals surface area contributed by atoms with Crippen LogP contribution in [0.5, 0.6) is 0 Å². The number of aliphatic imine (C=N–C) groups is 1. The number of halogens is 3. The van der Waals surface area contributed by atoms with Crippen LogP contribution in [0.3, 0.4) is 0 Å². The summed E-state index contributed by atoms with van der Waals surface area (Å²) in [6.07, 6.45) is 4.19. The SMILES string of the molecule is CCNC(=NCc1ccc(Cl)cc1Cl)NC1CCCC(S(=O)CC)C1.I. The highest BCUT2D eigenvalue weighted by atomic mass is 127. The van der Waals surface area contributed by atoms with E-state index in [9.17, 15) is 4.21 Å². The van der Waals surface area contributed by atoms with Gasteiger partial charge in [0.25, 0.3) is 0 Å². The number of nitrogens with one attached hydrogen (secondary N) is 2. The van der Waals surface area contributed by atoms with E-state index in [0.29, 0.717) is 27.9 Å². The maximum absolute atomic E-state index is 12.1. The van der Waals surface area contributed by atoms with E-state index in [-0.39, 0.29) is 24.0 Å². The molecule has 4 nitrogen and oxygen atoms in total. The van der Waals surface area contributed by atoms with Crippen molar-refractivity contribution in [3.63, 3.8) is 0 Å². The first-order valence-electron chi connectivity index (χ1n) is 8.89. The second-order valence-electron chi connectivity index (χ2n) is 6.23. The highest BCUT2D eigenvalue weighted by Crippen LogP contribution is 2.23. The van der Waals surface area contributed by atoms with Crippen LogP contribution in [-0.4, -0.2) is 33.8 Å². The molecule has 26 heavy (non-hydrogen) atoms. The first kappa shape index (κ1) is 24.0. The minimum atomic E-state index is -0.722. The molecule has 0 saturated heterocycles. The number of hydrogen-bond acceptors (Lipinski definition) is 2. The van der Waals surface area contributed by atoms with Gasteiger partial charge in [0.15, 0.2) is 5.96 Å². The van der Waals surface area contributed by atoms with Crippen LogP contribution in [0.2, 0.25) is 10.0 Å². The highest BCUT2D eigenvalue weighted by molar-refractivity contribution is 14.0. The Morgan fingerprint density at radius 3 is 2.73 bits per heavy atom. The summed E-state index contributed by atoms with van der Waals surface area (Å²) in [7, 11) is -0.722. The molecule has 1 aliphatic rings. The second-order valence-corrected chi connectivity index (χ2v) is 9.08. The Kier molecular flexibility index (Phi) is 11.5. The van der Waals surface area contributed by atoms with E-state index in [2.05, 4.69) is 15.6 Å². The van der Waals surface area contributed by atoms with Crippen molar-refractivity contribution in [1.29, 1.82) is 0 Å². The van der Waals surface area contributed by atoms with Gasteiger partial charge in [0, 0.05) is 44.4 Å². The topological polar surface area (TPSA) is 53.5 Å². The average Bonchev–Trinajstić information content (AvgIpc) is 2.60. The lowest BCUT2D eigenvalue weighted by atomic mass is 9.95. The maximum atomic E-state index is 12.1. The molecule has 0 aliphatic heterocycles. The van der Waals surface area contributed by atoms with Crippen LogP contribution < -0.4 is 10.6 Å². The van der Waals surface area contributed by atoms with Crippen LogP contribution in [0, 0.1) is 0 Å². The van der Waals surface area contributed by atoms with Crippen LogP contribution in [0.15, 0.2) is 23.2 Å². The Morgan fingerprint density at radius 2 is 2.08 bits per heavy atom. The largest absolute Gasteiger partial charge is 0.357 e. The molecule has 0 amide bonds. The summed E-state index contributed by atoms with van der Waals surface area (Å²) in [5, 5.41) is 8.33. The Bertz CT molecular complexity index is 630. The lowest BCUT2D eigenvalue weighted by Crippen LogP contribution is -2.46. The van der Waals surface area contributed by atoms with Crippen molar-refractivity contribution < 1.29 is 4.21 Å². The molecule has 1 aliphatic carbocycles. The molecule has 0 aromatic heterocycles. The molecule has 3 atom stereocenters. The Morgan fingerprint density at radius 1 is 1.31 bits per heavy atom. The van der Waals surface area contributed by atoms with Gasteiger partial charge in [0.05, 0.1) is 6.54 Å². The fourth-order valence-electron chi connectivity index (χ4n) is 3.08. The van der Waals surface area contributed by atoms with Crippen LogP contribution >= 0.6 is 47.2 Å². The molecule has 0 spiro atoms. The van der Waals surface area contributed by atoms with Gasteiger partial charge in [-0.05, 0) is 43.9 Å². The zero-order valence-corrected chi connectivity index (χ0v) is 19.9. The first-order chi connectivity index (χ1) is 12.0. The Labute approximate surface area is 186 Å². The number of guanidine groups is 1. The van der Waals surface area contributed by atoms with E-state index < -0.39 is 10.8 Å². The molecule has 1 saturated carbocycles. The molecule has 1 aromatic carbocycles. The van der Waals surface area contributed by atoms with Crippen molar-refractivity contribution in [3.05, 3.63) is 33.8 Å².